The molecule has 2 bridgehead atoms. The van der Waals surface area contributed by atoms with Crippen LogP contribution in [-0.4, -0.2) is 72.6 Å². The number of nitriles is 1. The van der Waals surface area contributed by atoms with Gasteiger partial charge in [0.15, 0.2) is 0 Å². The lowest BCUT2D eigenvalue weighted by Crippen LogP contribution is -2.53. The minimum atomic E-state index is -0.828. The summed E-state index contributed by atoms with van der Waals surface area (Å²) in [6, 6.07) is 28.5. The van der Waals surface area contributed by atoms with E-state index in [1.165, 1.54) is 16.7 Å². The Bertz CT molecular complexity index is 2040. The maximum atomic E-state index is 14.7. The molecule has 0 amide bonds. The summed E-state index contributed by atoms with van der Waals surface area (Å²) in [5, 5.41) is 11.2. The van der Waals surface area contributed by atoms with E-state index in [1.807, 2.05) is 12.1 Å². The largest absolute Gasteiger partial charge is 0.461 e. The van der Waals surface area contributed by atoms with Gasteiger partial charge in [0.25, 0.3) is 0 Å². The normalized spacial score (nSPS) is 28.1. The van der Waals surface area contributed by atoms with Gasteiger partial charge in [0.2, 0.25) is 0 Å². The number of rotatable bonds is 9. The average molecular weight is 741 g/mol. The van der Waals surface area contributed by atoms with E-state index < -0.39 is 11.8 Å². The van der Waals surface area contributed by atoms with Crippen LogP contribution >= 0.6 is 0 Å². The van der Waals surface area contributed by atoms with E-state index in [-0.39, 0.29) is 11.5 Å². The van der Waals surface area contributed by atoms with E-state index in [1.54, 1.807) is 0 Å². The topological polar surface area (TPSA) is 87.0 Å². The molecule has 4 fully saturated rings. The molecule has 7 aliphatic rings. The van der Waals surface area contributed by atoms with Gasteiger partial charge in [-0.3, -0.25) is 4.90 Å². The molecule has 3 aromatic carbocycles. The van der Waals surface area contributed by atoms with Crippen molar-refractivity contribution in [1.82, 2.24) is 14.9 Å². The predicted molar refractivity (Wildman–Crippen MR) is 208 cm³/mol. The first-order valence-electron chi connectivity index (χ1n) is 20.3. The highest BCUT2D eigenvalue weighted by Gasteiger charge is 2.58. The van der Waals surface area contributed by atoms with Crippen LogP contribution in [0.15, 0.2) is 72.8 Å². The maximum absolute atomic E-state index is 14.7. The number of halogens is 1. The predicted octanol–water partition coefficient (Wildman–Crippen LogP) is 7.21. The molecule has 55 heavy (non-hydrogen) atoms. The second kappa shape index (κ2) is 14.2. The molecule has 3 aliphatic carbocycles. The molecular formula is C45H49FN6O3. The molecule has 0 N–H and O–H groups in total. The Hall–Kier alpha value is -4.56. The number of alkyl halides is 1. The van der Waals surface area contributed by atoms with Crippen LogP contribution in [0.1, 0.15) is 83.5 Å². The Morgan fingerprint density at radius 2 is 1.71 bits per heavy atom. The summed E-state index contributed by atoms with van der Waals surface area (Å²) in [7, 11) is 0. The zero-order chi connectivity index (χ0) is 37.0. The van der Waals surface area contributed by atoms with Crippen molar-refractivity contribution in [3.8, 4) is 12.1 Å². The number of ether oxygens (including phenoxy) is 3. The van der Waals surface area contributed by atoms with Gasteiger partial charge in [0, 0.05) is 63.3 Å². The molecular weight excluding hydrogens is 692 g/mol. The number of benzene rings is 3. The molecule has 1 aromatic heterocycles. The second-order valence-corrected chi connectivity index (χ2v) is 16.7. The SMILES string of the molecule is N#Cc1c(N(Cc2ccccc2)Cc2ccccc2)ccc2c1C1(Cc3nc(OC[C@@]45CCCN4C[C@H](F)C5)nc(N4CCCOCC4)c3CO1)C1CC2C1. The summed E-state index contributed by atoms with van der Waals surface area (Å²) in [5.74, 6) is 1.55. The minimum absolute atomic E-state index is 0.275. The number of aromatic nitrogens is 2. The minimum Gasteiger partial charge on any atom is -0.461 e. The van der Waals surface area contributed by atoms with E-state index in [0.717, 1.165) is 86.7 Å². The second-order valence-electron chi connectivity index (χ2n) is 16.7. The van der Waals surface area contributed by atoms with Gasteiger partial charge in [-0.2, -0.15) is 15.2 Å². The zero-order valence-corrected chi connectivity index (χ0v) is 31.5. The van der Waals surface area contributed by atoms with E-state index in [0.29, 0.717) is 69.8 Å². The molecule has 284 valence electrons. The Balaban J connectivity index is 1.05. The van der Waals surface area contributed by atoms with Crippen LogP contribution in [0.25, 0.3) is 0 Å². The van der Waals surface area contributed by atoms with Gasteiger partial charge in [0.05, 0.1) is 35.7 Å². The number of hydrogen-bond acceptors (Lipinski definition) is 9. The summed E-state index contributed by atoms with van der Waals surface area (Å²) in [6.45, 7) is 6.37. The number of hydrogen-bond donors (Lipinski definition) is 0. The molecule has 9 nitrogen and oxygen atoms in total. The van der Waals surface area contributed by atoms with Crippen LogP contribution < -0.4 is 14.5 Å². The van der Waals surface area contributed by atoms with Crippen LogP contribution in [0.2, 0.25) is 0 Å². The molecule has 3 atom stereocenters. The molecule has 10 heteroatoms. The fraction of sp³-hybridized carbons (Fsp3) is 0.489. The highest BCUT2D eigenvalue weighted by atomic mass is 19.1. The smallest absolute Gasteiger partial charge is 0.318 e. The van der Waals surface area contributed by atoms with Crippen molar-refractivity contribution in [3.63, 3.8) is 0 Å². The molecule has 1 spiro atoms. The van der Waals surface area contributed by atoms with Crippen molar-refractivity contribution >= 4 is 11.5 Å². The van der Waals surface area contributed by atoms with Crippen LogP contribution in [0.4, 0.5) is 15.9 Å². The molecule has 11 rings (SSSR count). The van der Waals surface area contributed by atoms with Crippen LogP contribution in [0, 0.1) is 17.2 Å². The first-order valence-corrected chi connectivity index (χ1v) is 20.3. The van der Waals surface area contributed by atoms with Crippen molar-refractivity contribution in [3.05, 3.63) is 112 Å². The third-order valence-corrected chi connectivity index (χ3v) is 13.5. The standard InChI is InChI=1S/C45H49FN6O3/c46-35-23-44(15-7-17-52(44)28-35)30-54-43-48-39-24-45(55-29-38(39)42(49-43)50-16-8-19-53-20-18-50)34-21-33(22-34)36-13-14-40(37(25-47)41(36)45)51(26-31-9-3-1-4-10-31)27-32-11-5-2-6-12-32/h1-6,9-14,33-35H,7-8,15-24,26-30H2/t33?,34?,35-,44+,45?/m1/s1. The summed E-state index contributed by atoms with van der Waals surface area (Å²) in [6.07, 6.45) is 5.18. The molecule has 4 aromatic rings. The van der Waals surface area contributed by atoms with Crippen molar-refractivity contribution < 1.29 is 18.6 Å². The third kappa shape index (κ3) is 6.16. The van der Waals surface area contributed by atoms with Crippen molar-refractivity contribution in [2.45, 2.75) is 87.9 Å². The van der Waals surface area contributed by atoms with Crippen LogP contribution in [0.5, 0.6) is 6.01 Å². The average Bonchev–Trinajstić information content (AvgIpc) is 3.57. The first-order chi connectivity index (χ1) is 27.0. The fourth-order valence-electron chi connectivity index (χ4n) is 10.7. The van der Waals surface area contributed by atoms with Crippen LogP contribution in [-0.2, 0) is 41.2 Å². The lowest BCUT2D eigenvalue weighted by Gasteiger charge is -2.57. The van der Waals surface area contributed by atoms with E-state index >= 15 is 0 Å². The quantitative estimate of drug-likeness (QED) is 0.177. The van der Waals surface area contributed by atoms with Crippen molar-refractivity contribution in [1.29, 1.82) is 5.26 Å². The van der Waals surface area contributed by atoms with E-state index in [4.69, 9.17) is 24.2 Å². The fourth-order valence-corrected chi connectivity index (χ4v) is 10.7. The van der Waals surface area contributed by atoms with Gasteiger partial charge < -0.3 is 24.0 Å². The lowest BCUT2D eigenvalue weighted by molar-refractivity contribution is -0.151. The molecule has 3 saturated heterocycles. The Morgan fingerprint density at radius 3 is 2.47 bits per heavy atom. The number of fused-ring (bicyclic) bond motifs is 2. The molecule has 0 radical (unpaired) electrons. The van der Waals surface area contributed by atoms with Gasteiger partial charge in [-0.25, -0.2) is 4.39 Å². The van der Waals surface area contributed by atoms with Gasteiger partial charge in [-0.15, -0.1) is 0 Å². The summed E-state index contributed by atoms with van der Waals surface area (Å²) >= 11 is 0. The van der Waals surface area contributed by atoms with Crippen molar-refractivity contribution in [2.75, 3.05) is 55.8 Å². The lowest BCUT2D eigenvalue weighted by atomic mass is 9.53. The highest BCUT2D eigenvalue weighted by molar-refractivity contribution is 5.69. The van der Waals surface area contributed by atoms with Gasteiger partial charge in [0.1, 0.15) is 30.3 Å². The van der Waals surface area contributed by atoms with Crippen LogP contribution in [0.3, 0.4) is 0 Å². The molecule has 1 unspecified atom stereocenters. The zero-order valence-electron chi connectivity index (χ0n) is 31.5. The summed E-state index contributed by atoms with van der Waals surface area (Å²) in [5.41, 5.74) is 7.25. The molecule has 5 heterocycles. The van der Waals surface area contributed by atoms with Crippen molar-refractivity contribution in [2.24, 2.45) is 5.92 Å². The van der Waals surface area contributed by atoms with E-state index in [2.05, 4.69) is 81.4 Å². The van der Waals surface area contributed by atoms with Gasteiger partial charge in [-0.1, -0.05) is 66.7 Å². The molecule has 4 aliphatic heterocycles. The van der Waals surface area contributed by atoms with Gasteiger partial charge >= 0.3 is 6.01 Å². The Morgan fingerprint density at radius 1 is 0.927 bits per heavy atom. The third-order valence-electron chi connectivity index (χ3n) is 13.5. The van der Waals surface area contributed by atoms with E-state index in [9.17, 15) is 9.65 Å². The maximum Gasteiger partial charge on any atom is 0.318 e. The first kappa shape index (κ1) is 34.9. The Labute approximate surface area is 323 Å². The molecule has 1 saturated carbocycles. The Kier molecular flexibility index (Phi) is 9.00. The van der Waals surface area contributed by atoms with Gasteiger partial charge in [-0.05, 0) is 73.2 Å². The monoisotopic (exact) mass is 740 g/mol. The number of anilines is 2. The summed E-state index contributed by atoms with van der Waals surface area (Å²) in [4.78, 5) is 17.2. The summed E-state index contributed by atoms with van der Waals surface area (Å²) < 4.78 is 34.4. The highest BCUT2D eigenvalue weighted by Crippen LogP contribution is 2.63. The number of nitrogens with zero attached hydrogens (tertiary/aromatic N) is 6.